The van der Waals surface area contributed by atoms with E-state index in [9.17, 15) is 20.2 Å². The van der Waals surface area contributed by atoms with Crippen LogP contribution in [0.25, 0.3) is 0 Å². The molecule has 0 bridgehead atoms. The van der Waals surface area contributed by atoms with Crippen LogP contribution in [0, 0.1) is 102 Å². The Morgan fingerprint density at radius 2 is 0.605 bits per heavy atom. The smallest absolute Gasteiger partial charge is 0.258 e. The zero-order chi connectivity index (χ0) is 63.3. The quantitative estimate of drug-likeness (QED) is 0.0447. The molecule has 0 aliphatic rings. The van der Waals surface area contributed by atoms with Crippen LogP contribution in [0.4, 0.5) is 11.4 Å². The van der Waals surface area contributed by atoms with Crippen LogP contribution in [0.1, 0.15) is 191 Å². The van der Waals surface area contributed by atoms with Crippen LogP contribution in [0.2, 0.25) is 33.2 Å². The highest BCUT2D eigenvalue weighted by atomic mass is 32.2. The van der Waals surface area contributed by atoms with E-state index in [-0.39, 0.29) is 30.7 Å². The summed E-state index contributed by atoms with van der Waals surface area (Å²) in [5, 5.41) is 25.0. The molecule has 0 heterocycles. The van der Waals surface area contributed by atoms with Crippen molar-refractivity contribution in [3.8, 4) is 82.1 Å². The summed E-state index contributed by atoms with van der Waals surface area (Å²) in [7, 11) is -4.10. The Morgan fingerprint density at radius 1 is 0.337 bits per heavy atom. The van der Waals surface area contributed by atoms with Gasteiger partial charge in [0.1, 0.15) is 27.3 Å². The fourth-order valence-electron chi connectivity index (χ4n) is 11.3. The maximum absolute atomic E-state index is 12.5. The van der Waals surface area contributed by atoms with Crippen molar-refractivity contribution in [1.29, 1.82) is 0 Å². The van der Waals surface area contributed by atoms with Crippen LogP contribution in [0.3, 0.4) is 0 Å². The number of thioether (sulfide) groups is 2. The molecule has 0 saturated carbocycles. The molecule has 438 valence electrons. The van der Waals surface area contributed by atoms with Gasteiger partial charge in [0, 0.05) is 87.1 Å². The van der Waals surface area contributed by atoms with Crippen molar-refractivity contribution in [1.82, 2.24) is 0 Å². The molecule has 0 spiro atoms. The van der Waals surface area contributed by atoms with Gasteiger partial charge in [-0.15, -0.1) is 34.6 Å². The van der Waals surface area contributed by atoms with Crippen LogP contribution in [0.5, 0.6) is 0 Å². The average Bonchev–Trinajstić information content (AvgIpc) is 1.24. The second-order valence-corrected chi connectivity index (χ2v) is 40.5. The van der Waals surface area contributed by atoms with Crippen LogP contribution < -0.4 is 0 Å². The van der Waals surface area contributed by atoms with Gasteiger partial charge in [-0.3, -0.25) is 20.2 Å². The molecule has 0 amide bonds. The molecule has 86 heavy (non-hydrogen) atoms. The SMILES string of the molecule is CC(C)[Si](C#Cc1ccc(C#Cc2ccc(SC(C)(C)C)cc2C#Cc2cccc(C#Cc3cccc(C#Cc4cc(SC(C)(C)C)ccc4C#Cc4ccc(C#C[Si](C(C)C)(C(C)C)C(C)C)cc4[N+](=O)[O-])c3)c2)c([N+](=O)[O-])c1)(C(C)C)C(C)C. The molecule has 6 nitrogen and oxygen atoms in total. The van der Waals surface area contributed by atoms with Gasteiger partial charge in [0.05, 0.1) is 9.85 Å². The highest BCUT2D eigenvalue weighted by molar-refractivity contribution is 8.00. The first-order chi connectivity index (χ1) is 40.4. The molecular formula is C76H80N2O4S2Si2. The Labute approximate surface area is 525 Å². The van der Waals surface area contributed by atoms with Gasteiger partial charge in [-0.1, -0.05) is 208 Å². The highest BCUT2D eigenvalue weighted by Crippen LogP contribution is 2.42. The molecule has 6 aromatic carbocycles. The lowest BCUT2D eigenvalue weighted by molar-refractivity contribution is -0.385. The minimum absolute atomic E-state index is 0.0521. The Balaban J connectivity index is 1.30. The molecule has 0 N–H and O–H groups in total. The van der Waals surface area contributed by atoms with Crippen LogP contribution >= 0.6 is 23.5 Å². The van der Waals surface area contributed by atoms with Crippen molar-refractivity contribution in [2.24, 2.45) is 0 Å². The van der Waals surface area contributed by atoms with Crippen molar-refractivity contribution in [3.63, 3.8) is 0 Å². The molecule has 6 aromatic rings. The number of hydrogen-bond donors (Lipinski definition) is 0. The number of nitro benzene ring substituents is 2. The fourth-order valence-corrected chi connectivity index (χ4v) is 23.8. The zero-order valence-electron chi connectivity index (χ0n) is 53.4. The predicted molar refractivity (Wildman–Crippen MR) is 369 cm³/mol. The summed E-state index contributed by atoms with van der Waals surface area (Å²) >= 11 is 3.45. The molecule has 0 saturated heterocycles. The number of nitrogens with zero attached hydrogens (tertiary/aromatic N) is 2. The molecule has 0 radical (unpaired) electrons. The summed E-state index contributed by atoms with van der Waals surface area (Å²) in [5.74, 6) is 39.5. The molecule has 0 unspecified atom stereocenters. The lowest BCUT2D eigenvalue weighted by atomic mass is 10.0. The van der Waals surface area contributed by atoms with Crippen molar-refractivity contribution in [3.05, 3.63) is 208 Å². The third-order valence-electron chi connectivity index (χ3n) is 15.2. The van der Waals surface area contributed by atoms with Gasteiger partial charge in [-0.05, 0) is 130 Å². The summed E-state index contributed by atoms with van der Waals surface area (Å²) in [6, 6.07) is 37.7. The summed E-state index contributed by atoms with van der Waals surface area (Å²) in [6.07, 6.45) is 0. The predicted octanol–water partition coefficient (Wildman–Crippen LogP) is 19.4. The minimum atomic E-state index is -2.05. The van der Waals surface area contributed by atoms with E-state index in [1.54, 1.807) is 47.8 Å². The normalized spacial score (nSPS) is 11.4. The number of hydrogen-bond acceptors (Lipinski definition) is 6. The van der Waals surface area contributed by atoms with Crippen LogP contribution in [-0.2, 0) is 0 Å². The van der Waals surface area contributed by atoms with E-state index in [0.717, 1.165) is 32.0 Å². The van der Waals surface area contributed by atoms with E-state index in [4.69, 9.17) is 0 Å². The molecule has 0 aliphatic heterocycles. The van der Waals surface area contributed by atoms with E-state index in [1.807, 2.05) is 97.1 Å². The largest absolute Gasteiger partial charge is 0.286 e. The Hall–Kier alpha value is -7.83. The van der Waals surface area contributed by atoms with E-state index >= 15 is 0 Å². The standard InChI is InChI=1S/C76H80N2O4S2Si2/c1-53(2)85(54(3)4,55(5)6)45-43-63-27-31-67(73(49-63)77(79)80)37-35-65-39-41-71(83-75(13,14)15)51-69(65)33-29-61-23-19-21-59(47-61)25-26-60-22-20-24-62(48-60)30-34-70-52-72(84-76(16,17)18)42-40-66(70)36-38-68-32-28-64(50-74(68)78(81)82)44-46-86(56(7)8,57(9)10)58(11)12/h19-24,27-28,31-32,39-42,47-58H,1-18H3. The lowest BCUT2D eigenvalue weighted by Crippen LogP contribution is -2.43. The minimum Gasteiger partial charge on any atom is -0.258 e. The highest BCUT2D eigenvalue weighted by Gasteiger charge is 2.43. The second kappa shape index (κ2) is 29.0. The van der Waals surface area contributed by atoms with E-state index < -0.39 is 16.1 Å². The topological polar surface area (TPSA) is 86.3 Å². The average molecular weight is 1210 g/mol. The molecule has 0 atom stereocenters. The number of benzene rings is 6. The molecule has 0 aliphatic carbocycles. The van der Waals surface area contributed by atoms with Gasteiger partial charge in [-0.25, -0.2) is 0 Å². The van der Waals surface area contributed by atoms with Crippen molar-refractivity contribution in [2.75, 3.05) is 0 Å². The Kier molecular flexibility index (Phi) is 22.7. The van der Waals surface area contributed by atoms with Crippen LogP contribution in [-0.4, -0.2) is 35.5 Å². The second-order valence-electron chi connectivity index (χ2n) is 25.5. The first-order valence-electron chi connectivity index (χ1n) is 29.5. The first kappa shape index (κ1) is 67.3. The van der Waals surface area contributed by atoms with E-state index in [0.29, 0.717) is 77.8 Å². The van der Waals surface area contributed by atoms with E-state index in [2.05, 4.69) is 207 Å². The van der Waals surface area contributed by atoms with Gasteiger partial charge < -0.3 is 0 Å². The first-order valence-corrected chi connectivity index (χ1v) is 35.6. The van der Waals surface area contributed by atoms with E-state index in [1.165, 1.54) is 0 Å². The van der Waals surface area contributed by atoms with Crippen molar-refractivity contribution >= 4 is 51.0 Å². The summed E-state index contributed by atoms with van der Waals surface area (Å²) in [6.45, 7) is 40.0. The summed E-state index contributed by atoms with van der Waals surface area (Å²) < 4.78 is -0.104. The molecule has 0 aromatic heterocycles. The molecular weight excluding hydrogens is 1130 g/mol. The molecule has 0 fully saturated rings. The Bertz CT molecular complexity index is 3720. The summed E-state index contributed by atoms with van der Waals surface area (Å²) in [5.41, 5.74) is 17.5. The molecule has 10 heteroatoms. The zero-order valence-corrected chi connectivity index (χ0v) is 57.0. The third kappa shape index (κ3) is 17.9. The Morgan fingerprint density at radius 3 is 0.895 bits per heavy atom. The third-order valence-corrected chi connectivity index (χ3v) is 30.0. The van der Waals surface area contributed by atoms with Gasteiger partial charge in [-0.2, -0.15) is 0 Å². The lowest BCUT2D eigenvalue weighted by Gasteiger charge is -2.38. The van der Waals surface area contributed by atoms with Gasteiger partial charge in [0.15, 0.2) is 0 Å². The van der Waals surface area contributed by atoms with Crippen molar-refractivity contribution < 1.29 is 9.85 Å². The maximum Gasteiger partial charge on any atom is 0.286 e. The molecule has 6 rings (SSSR count). The summed E-state index contributed by atoms with van der Waals surface area (Å²) in [4.78, 5) is 26.3. The number of nitro groups is 2. The van der Waals surface area contributed by atoms with Crippen molar-refractivity contribution in [2.45, 2.75) is 177 Å². The van der Waals surface area contributed by atoms with Gasteiger partial charge in [0.2, 0.25) is 0 Å². The monoisotopic (exact) mass is 1200 g/mol. The van der Waals surface area contributed by atoms with Gasteiger partial charge >= 0.3 is 0 Å². The fraction of sp³-hybridized carbons (Fsp3) is 0.342. The van der Waals surface area contributed by atoms with Gasteiger partial charge in [0.25, 0.3) is 11.4 Å². The van der Waals surface area contributed by atoms with Crippen LogP contribution in [0.15, 0.2) is 131 Å². The maximum atomic E-state index is 12.5. The number of rotatable bonds is 10.